The molecule has 3 rings (SSSR count). The highest BCUT2D eigenvalue weighted by molar-refractivity contribution is 7.09. The molecule has 3 aromatic rings. The fourth-order valence-corrected chi connectivity index (χ4v) is 3.10. The Morgan fingerprint density at radius 2 is 2.15 bits per heavy atom. The van der Waals surface area contributed by atoms with Crippen molar-refractivity contribution in [1.29, 1.82) is 0 Å². The largest absolute Gasteiger partial charge is 0.325 e. The molecule has 2 heterocycles. The van der Waals surface area contributed by atoms with E-state index in [-0.39, 0.29) is 6.04 Å². The van der Waals surface area contributed by atoms with Gasteiger partial charge in [0.15, 0.2) is 5.82 Å². The number of nitrogens with zero attached hydrogens (tertiary/aromatic N) is 3. The molecule has 0 radical (unpaired) electrons. The lowest BCUT2D eigenvalue weighted by atomic mass is 10.3. The maximum absolute atomic E-state index is 6.11. The van der Waals surface area contributed by atoms with Crippen LogP contribution in [0.4, 0.5) is 0 Å². The first-order chi connectivity index (χ1) is 9.60. The molecule has 20 heavy (non-hydrogen) atoms. The second kappa shape index (κ2) is 5.16. The van der Waals surface area contributed by atoms with E-state index in [0.29, 0.717) is 11.6 Å². The van der Waals surface area contributed by atoms with Crippen molar-refractivity contribution in [3.05, 3.63) is 33.6 Å². The van der Waals surface area contributed by atoms with Crippen LogP contribution in [0.3, 0.4) is 0 Å². The maximum atomic E-state index is 6.11. The average Bonchev–Trinajstić information content (AvgIpc) is 3.01. The molecule has 1 aromatic carbocycles. The third-order valence-electron chi connectivity index (χ3n) is 3.12. The van der Waals surface area contributed by atoms with E-state index in [9.17, 15) is 0 Å². The van der Waals surface area contributed by atoms with E-state index >= 15 is 0 Å². The molecule has 0 saturated carbocycles. The third kappa shape index (κ3) is 2.22. The summed E-state index contributed by atoms with van der Waals surface area (Å²) in [5.74, 6) is 0.869. The minimum absolute atomic E-state index is 0.275. The van der Waals surface area contributed by atoms with E-state index in [4.69, 9.17) is 22.3 Å². The van der Waals surface area contributed by atoms with E-state index in [1.165, 1.54) is 0 Å². The molecule has 0 amide bonds. The lowest BCUT2D eigenvalue weighted by molar-refractivity contribution is 0.623. The maximum Gasteiger partial charge on any atom is 0.160 e. The smallest absolute Gasteiger partial charge is 0.160 e. The molecule has 2 aromatic heterocycles. The van der Waals surface area contributed by atoms with Crippen LogP contribution < -0.4 is 5.73 Å². The molecule has 6 heteroatoms. The van der Waals surface area contributed by atoms with Crippen LogP contribution in [-0.4, -0.2) is 14.5 Å². The zero-order valence-electron chi connectivity index (χ0n) is 11.3. The highest BCUT2D eigenvalue weighted by Gasteiger charge is 2.17. The van der Waals surface area contributed by atoms with E-state index in [1.807, 2.05) is 23.6 Å². The number of imidazole rings is 1. The van der Waals surface area contributed by atoms with E-state index in [2.05, 4.69) is 23.4 Å². The second-order valence-electron chi connectivity index (χ2n) is 4.86. The molecule has 0 bridgehead atoms. The molecular weight excluding hydrogens is 292 g/mol. The minimum atomic E-state index is 0.275. The van der Waals surface area contributed by atoms with Crippen molar-refractivity contribution in [1.82, 2.24) is 14.5 Å². The predicted molar refractivity (Wildman–Crippen MR) is 84.1 cm³/mol. The summed E-state index contributed by atoms with van der Waals surface area (Å²) in [4.78, 5) is 9.24. The Kier molecular flexibility index (Phi) is 3.50. The number of hydrogen-bond donors (Lipinski definition) is 1. The molecule has 0 aliphatic carbocycles. The number of benzene rings is 1. The Hall–Kier alpha value is -1.43. The fraction of sp³-hybridized carbons (Fsp3) is 0.286. The summed E-state index contributed by atoms with van der Waals surface area (Å²) in [6.45, 7) is 4.71. The van der Waals surface area contributed by atoms with Gasteiger partial charge in [-0.25, -0.2) is 9.97 Å². The van der Waals surface area contributed by atoms with Gasteiger partial charge in [-0.2, -0.15) is 0 Å². The number of aromatic nitrogens is 3. The predicted octanol–water partition coefficient (Wildman–Crippen LogP) is 3.85. The van der Waals surface area contributed by atoms with Crippen molar-refractivity contribution < 1.29 is 0 Å². The molecular formula is C14H15ClN4S. The summed E-state index contributed by atoms with van der Waals surface area (Å²) < 4.78 is 2.16. The molecule has 0 fully saturated rings. The lowest BCUT2D eigenvalue weighted by Gasteiger charge is -2.11. The van der Waals surface area contributed by atoms with Crippen LogP contribution in [0.25, 0.3) is 22.6 Å². The summed E-state index contributed by atoms with van der Waals surface area (Å²) in [5, 5.41) is 3.64. The summed E-state index contributed by atoms with van der Waals surface area (Å²) in [7, 11) is 0. The lowest BCUT2D eigenvalue weighted by Crippen LogP contribution is -2.03. The number of hydrogen-bond acceptors (Lipinski definition) is 4. The van der Waals surface area contributed by atoms with E-state index in [1.54, 1.807) is 11.3 Å². The zero-order chi connectivity index (χ0) is 14.3. The van der Waals surface area contributed by atoms with Crippen LogP contribution >= 0.6 is 22.9 Å². The number of thiazole rings is 1. The number of rotatable bonds is 3. The molecule has 104 valence electrons. The van der Waals surface area contributed by atoms with E-state index < -0.39 is 0 Å². The van der Waals surface area contributed by atoms with Gasteiger partial charge in [0.05, 0.1) is 11.0 Å². The van der Waals surface area contributed by atoms with Gasteiger partial charge in [-0.1, -0.05) is 11.6 Å². The Bertz CT molecular complexity index is 760. The second-order valence-corrected chi connectivity index (χ2v) is 6.24. The summed E-state index contributed by atoms with van der Waals surface area (Å²) in [5.41, 5.74) is 8.47. The summed E-state index contributed by atoms with van der Waals surface area (Å²) in [6.07, 6.45) is 0. The van der Waals surface area contributed by atoms with Crippen LogP contribution in [0, 0.1) is 0 Å². The molecule has 4 nitrogen and oxygen atoms in total. The number of fused-ring (bicyclic) bond motifs is 1. The average molecular weight is 307 g/mol. The molecule has 0 aliphatic heterocycles. The van der Waals surface area contributed by atoms with Gasteiger partial charge in [0.2, 0.25) is 0 Å². The van der Waals surface area contributed by atoms with Gasteiger partial charge in [-0.3, -0.25) is 0 Å². The van der Waals surface area contributed by atoms with Gasteiger partial charge >= 0.3 is 0 Å². The summed E-state index contributed by atoms with van der Waals surface area (Å²) >= 11 is 7.67. The van der Waals surface area contributed by atoms with Crippen molar-refractivity contribution in [2.45, 2.75) is 26.4 Å². The number of halogens is 1. The van der Waals surface area contributed by atoms with E-state index in [0.717, 1.165) is 27.6 Å². The highest BCUT2D eigenvalue weighted by Crippen LogP contribution is 2.30. The van der Waals surface area contributed by atoms with Gasteiger partial charge in [0.1, 0.15) is 10.7 Å². The van der Waals surface area contributed by atoms with Crippen molar-refractivity contribution >= 4 is 34.0 Å². The Morgan fingerprint density at radius 1 is 1.35 bits per heavy atom. The number of nitrogens with two attached hydrogens (primary N) is 1. The van der Waals surface area contributed by atoms with Crippen molar-refractivity contribution in [2.75, 3.05) is 0 Å². The van der Waals surface area contributed by atoms with Crippen molar-refractivity contribution in [2.24, 2.45) is 5.73 Å². The standard InChI is InChI=1S/C14H15ClN4S/c1-8(2)19-12-5-9(15)3-4-10(12)18-14(19)11-7-20-13(6-16)17-11/h3-5,7-8H,6,16H2,1-2H3. The first kappa shape index (κ1) is 13.5. The van der Waals surface area contributed by atoms with Crippen LogP contribution in [0.5, 0.6) is 0 Å². The van der Waals surface area contributed by atoms with Crippen LogP contribution in [0.2, 0.25) is 5.02 Å². The Balaban J connectivity index is 2.26. The Morgan fingerprint density at radius 3 is 2.80 bits per heavy atom. The van der Waals surface area contributed by atoms with Crippen molar-refractivity contribution in [3.8, 4) is 11.5 Å². The quantitative estimate of drug-likeness (QED) is 0.799. The Labute approximate surface area is 126 Å². The first-order valence-electron chi connectivity index (χ1n) is 6.42. The van der Waals surface area contributed by atoms with Crippen LogP contribution in [0.15, 0.2) is 23.6 Å². The molecule has 2 N–H and O–H groups in total. The molecule has 0 unspecified atom stereocenters. The topological polar surface area (TPSA) is 56.7 Å². The first-order valence-corrected chi connectivity index (χ1v) is 7.68. The SMILES string of the molecule is CC(C)n1c(-c2csc(CN)n2)nc2ccc(Cl)cc21. The van der Waals surface area contributed by atoms with Crippen molar-refractivity contribution in [3.63, 3.8) is 0 Å². The molecule has 0 atom stereocenters. The third-order valence-corrected chi connectivity index (χ3v) is 4.23. The van der Waals surface area contributed by atoms with Gasteiger partial charge in [-0.15, -0.1) is 11.3 Å². The summed E-state index contributed by atoms with van der Waals surface area (Å²) in [6, 6.07) is 6.02. The van der Waals surface area contributed by atoms with Crippen LogP contribution in [0.1, 0.15) is 24.9 Å². The van der Waals surface area contributed by atoms with Gasteiger partial charge < -0.3 is 10.3 Å². The molecule has 0 saturated heterocycles. The molecule has 0 spiro atoms. The minimum Gasteiger partial charge on any atom is -0.325 e. The molecule has 0 aliphatic rings. The van der Waals surface area contributed by atoms with Gasteiger partial charge in [0.25, 0.3) is 0 Å². The van der Waals surface area contributed by atoms with Crippen LogP contribution in [-0.2, 0) is 6.54 Å². The normalized spacial score (nSPS) is 11.7. The van der Waals surface area contributed by atoms with Gasteiger partial charge in [0, 0.05) is 23.0 Å². The fourth-order valence-electron chi connectivity index (χ4n) is 2.28. The zero-order valence-corrected chi connectivity index (χ0v) is 12.9. The highest BCUT2D eigenvalue weighted by atomic mass is 35.5. The monoisotopic (exact) mass is 306 g/mol. The van der Waals surface area contributed by atoms with Gasteiger partial charge in [-0.05, 0) is 32.0 Å².